The Bertz CT molecular complexity index is 601. The first kappa shape index (κ1) is 12.8. The zero-order valence-electron chi connectivity index (χ0n) is 10.9. The molecule has 0 unspecified atom stereocenters. The van der Waals surface area contributed by atoms with Crippen LogP contribution in [0, 0.1) is 11.7 Å². The fourth-order valence-electron chi connectivity index (χ4n) is 1.98. The third-order valence-corrected chi connectivity index (χ3v) is 3.13. The van der Waals surface area contributed by atoms with Crippen LogP contribution in [0.5, 0.6) is 5.75 Å². The van der Waals surface area contributed by atoms with E-state index in [1.807, 2.05) is 29.7 Å². The molecule has 0 atom stereocenters. The van der Waals surface area contributed by atoms with Crippen LogP contribution in [0.2, 0.25) is 0 Å². The minimum Gasteiger partial charge on any atom is -0.497 e. The predicted octanol–water partition coefficient (Wildman–Crippen LogP) is 3.20. The van der Waals surface area contributed by atoms with Crippen LogP contribution >= 0.6 is 12.2 Å². The SMILES string of the molecule is CCCc1n[nH]c(=S)n1-c1ccc(OC)cc1C. The normalized spacial score (nSPS) is 10.6. The maximum atomic E-state index is 5.30. The van der Waals surface area contributed by atoms with E-state index in [-0.39, 0.29) is 0 Å². The van der Waals surface area contributed by atoms with Gasteiger partial charge in [-0.3, -0.25) is 9.67 Å². The van der Waals surface area contributed by atoms with Gasteiger partial charge in [-0.05, 0) is 49.3 Å². The van der Waals surface area contributed by atoms with Crippen molar-refractivity contribution in [2.24, 2.45) is 0 Å². The maximum Gasteiger partial charge on any atom is 0.199 e. The average molecular weight is 263 g/mol. The molecule has 0 saturated heterocycles. The Morgan fingerprint density at radius 3 is 2.83 bits per heavy atom. The van der Waals surface area contributed by atoms with E-state index in [1.54, 1.807) is 7.11 Å². The van der Waals surface area contributed by atoms with Crippen molar-refractivity contribution in [2.75, 3.05) is 7.11 Å². The number of nitrogens with zero attached hydrogens (tertiary/aromatic N) is 2. The van der Waals surface area contributed by atoms with Crippen LogP contribution in [0.3, 0.4) is 0 Å². The van der Waals surface area contributed by atoms with Gasteiger partial charge in [-0.25, -0.2) is 0 Å². The van der Waals surface area contributed by atoms with E-state index in [0.29, 0.717) is 4.77 Å². The molecular weight excluding hydrogens is 246 g/mol. The molecule has 1 heterocycles. The summed E-state index contributed by atoms with van der Waals surface area (Å²) in [6.07, 6.45) is 1.94. The van der Waals surface area contributed by atoms with Crippen molar-refractivity contribution < 1.29 is 4.74 Å². The molecule has 2 rings (SSSR count). The number of rotatable bonds is 4. The second kappa shape index (κ2) is 5.35. The minimum absolute atomic E-state index is 0.631. The summed E-state index contributed by atoms with van der Waals surface area (Å²) < 4.78 is 7.84. The maximum absolute atomic E-state index is 5.30. The van der Waals surface area contributed by atoms with Gasteiger partial charge in [-0.15, -0.1) is 0 Å². The molecule has 1 aromatic carbocycles. The highest BCUT2D eigenvalue weighted by Gasteiger charge is 2.10. The molecule has 0 radical (unpaired) electrons. The number of aromatic amines is 1. The Balaban J connectivity index is 2.54. The van der Waals surface area contributed by atoms with Gasteiger partial charge in [0.25, 0.3) is 0 Å². The summed E-state index contributed by atoms with van der Waals surface area (Å²) in [6, 6.07) is 5.95. The quantitative estimate of drug-likeness (QED) is 0.861. The number of benzene rings is 1. The van der Waals surface area contributed by atoms with Gasteiger partial charge in [0.15, 0.2) is 4.77 Å². The van der Waals surface area contributed by atoms with Gasteiger partial charge in [0.05, 0.1) is 12.8 Å². The lowest BCUT2D eigenvalue weighted by atomic mass is 10.2. The standard InChI is InChI=1S/C13H17N3OS/c1-4-5-12-14-15-13(18)16(12)11-7-6-10(17-3)8-9(11)2/h6-8H,4-5H2,1-3H3,(H,15,18). The fraction of sp³-hybridized carbons (Fsp3) is 0.385. The Hall–Kier alpha value is -1.62. The highest BCUT2D eigenvalue weighted by atomic mass is 32.1. The highest BCUT2D eigenvalue weighted by Crippen LogP contribution is 2.21. The van der Waals surface area contributed by atoms with Crippen molar-refractivity contribution in [3.63, 3.8) is 0 Å². The van der Waals surface area contributed by atoms with E-state index in [9.17, 15) is 0 Å². The summed E-state index contributed by atoms with van der Waals surface area (Å²) in [6.45, 7) is 4.17. The Kier molecular flexibility index (Phi) is 3.81. The molecule has 1 N–H and O–H groups in total. The van der Waals surface area contributed by atoms with Gasteiger partial charge < -0.3 is 4.74 Å². The average Bonchev–Trinajstić information content (AvgIpc) is 2.71. The summed E-state index contributed by atoms with van der Waals surface area (Å²) in [5, 5.41) is 7.14. The van der Waals surface area contributed by atoms with E-state index in [2.05, 4.69) is 17.1 Å². The lowest BCUT2D eigenvalue weighted by molar-refractivity contribution is 0.414. The topological polar surface area (TPSA) is 42.8 Å². The van der Waals surface area contributed by atoms with E-state index >= 15 is 0 Å². The molecule has 0 fully saturated rings. The van der Waals surface area contributed by atoms with Crippen LogP contribution in [0.15, 0.2) is 18.2 Å². The Labute approximate surface area is 112 Å². The van der Waals surface area contributed by atoms with Gasteiger partial charge in [0, 0.05) is 6.42 Å². The first-order valence-electron chi connectivity index (χ1n) is 5.98. The zero-order chi connectivity index (χ0) is 13.1. The van der Waals surface area contributed by atoms with Crippen LogP contribution < -0.4 is 4.74 Å². The molecule has 2 aromatic rings. The van der Waals surface area contributed by atoms with Crippen molar-refractivity contribution in [3.05, 3.63) is 34.4 Å². The molecule has 0 aliphatic rings. The molecule has 18 heavy (non-hydrogen) atoms. The van der Waals surface area contributed by atoms with Crippen LogP contribution in [0.1, 0.15) is 24.7 Å². The lowest BCUT2D eigenvalue weighted by Gasteiger charge is -2.10. The predicted molar refractivity (Wildman–Crippen MR) is 74.0 cm³/mol. The van der Waals surface area contributed by atoms with E-state index in [0.717, 1.165) is 35.7 Å². The van der Waals surface area contributed by atoms with Crippen molar-refractivity contribution in [1.29, 1.82) is 0 Å². The first-order valence-corrected chi connectivity index (χ1v) is 6.39. The molecule has 0 aliphatic carbocycles. The number of ether oxygens (including phenoxy) is 1. The minimum atomic E-state index is 0.631. The van der Waals surface area contributed by atoms with Crippen LogP contribution in [-0.2, 0) is 6.42 Å². The Morgan fingerprint density at radius 2 is 2.22 bits per heavy atom. The molecule has 0 spiro atoms. The van der Waals surface area contributed by atoms with E-state index in [1.165, 1.54) is 0 Å². The van der Waals surface area contributed by atoms with E-state index < -0.39 is 0 Å². The van der Waals surface area contributed by atoms with Crippen LogP contribution in [0.25, 0.3) is 5.69 Å². The highest BCUT2D eigenvalue weighted by molar-refractivity contribution is 7.71. The number of H-pyrrole nitrogens is 1. The summed E-state index contributed by atoms with van der Waals surface area (Å²) in [4.78, 5) is 0. The number of nitrogens with one attached hydrogen (secondary N) is 1. The summed E-state index contributed by atoms with van der Waals surface area (Å²) in [7, 11) is 1.67. The van der Waals surface area contributed by atoms with Crippen LogP contribution in [0.4, 0.5) is 0 Å². The molecule has 0 amide bonds. The number of hydrogen-bond donors (Lipinski definition) is 1. The third kappa shape index (κ3) is 2.31. The van der Waals surface area contributed by atoms with Crippen molar-refractivity contribution in [3.8, 4) is 11.4 Å². The molecule has 1 aromatic heterocycles. The van der Waals surface area contributed by atoms with Gasteiger partial charge in [-0.2, -0.15) is 5.10 Å². The zero-order valence-corrected chi connectivity index (χ0v) is 11.7. The smallest absolute Gasteiger partial charge is 0.199 e. The molecular formula is C13H17N3OS. The molecule has 4 nitrogen and oxygen atoms in total. The number of aromatic nitrogens is 3. The summed E-state index contributed by atoms with van der Waals surface area (Å²) >= 11 is 5.30. The van der Waals surface area contributed by atoms with Crippen LogP contribution in [-0.4, -0.2) is 21.9 Å². The van der Waals surface area contributed by atoms with Gasteiger partial charge in [0.1, 0.15) is 11.6 Å². The second-order valence-electron chi connectivity index (χ2n) is 4.18. The van der Waals surface area contributed by atoms with Crippen molar-refractivity contribution in [1.82, 2.24) is 14.8 Å². The fourth-order valence-corrected chi connectivity index (χ4v) is 2.22. The molecule has 0 saturated carbocycles. The lowest BCUT2D eigenvalue weighted by Crippen LogP contribution is -2.03. The summed E-state index contributed by atoms with van der Waals surface area (Å²) in [5.74, 6) is 1.82. The monoisotopic (exact) mass is 263 g/mol. The van der Waals surface area contributed by atoms with Crippen molar-refractivity contribution >= 4 is 12.2 Å². The van der Waals surface area contributed by atoms with Gasteiger partial charge >= 0.3 is 0 Å². The number of hydrogen-bond acceptors (Lipinski definition) is 3. The van der Waals surface area contributed by atoms with Gasteiger partial charge in [0.2, 0.25) is 0 Å². The largest absolute Gasteiger partial charge is 0.497 e. The molecule has 0 bridgehead atoms. The van der Waals surface area contributed by atoms with Gasteiger partial charge in [-0.1, -0.05) is 6.92 Å². The second-order valence-corrected chi connectivity index (χ2v) is 4.57. The first-order chi connectivity index (χ1) is 8.67. The third-order valence-electron chi connectivity index (χ3n) is 2.86. The Morgan fingerprint density at radius 1 is 1.44 bits per heavy atom. The number of methoxy groups -OCH3 is 1. The summed E-state index contributed by atoms with van der Waals surface area (Å²) in [5.41, 5.74) is 2.17. The van der Waals surface area contributed by atoms with Crippen molar-refractivity contribution in [2.45, 2.75) is 26.7 Å². The van der Waals surface area contributed by atoms with E-state index in [4.69, 9.17) is 17.0 Å². The molecule has 96 valence electrons. The molecule has 0 aliphatic heterocycles. The molecule has 5 heteroatoms. The number of aryl methyl sites for hydroxylation is 2.